The van der Waals surface area contributed by atoms with Crippen molar-refractivity contribution >= 4 is 11.6 Å². The van der Waals surface area contributed by atoms with Gasteiger partial charge in [0.2, 0.25) is 5.91 Å². The number of carbonyl (C=O) groups excluding carboxylic acids is 1. The highest BCUT2D eigenvalue weighted by atomic mass is 19.1. The van der Waals surface area contributed by atoms with E-state index in [4.69, 9.17) is 0 Å². The molecule has 0 aliphatic heterocycles. The van der Waals surface area contributed by atoms with Crippen LogP contribution in [0.1, 0.15) is 6.92 Å². The number of pyridine rings is 1. The van der Waals surface area contributed by atoms with Crippen molar-refractivity contribution in [1.29, 1.82) is 0 Å². The average Bonchev–Trinajstić information content (AvgIpc) is 2.56. The number of aromatic nitrogens is 1. The summed E-state index contributed by atoms with van der Waals surface area (Å²) in [6.07, 6.45) is 1.68. The van der Waals surface area contributed by atoms with E-state index in [1.54, 1.807) is 48.7 Å². The predicted molar refractivity (Wildman–Crippen MR) is 91.7 cm³/mol. The molecular formula is C19H15FN2O2. The number of amides is 1. The van der Waals surface area contributed by atoms with E-state index in [-0.39, 0.29) is 17.3 Å². The van der Waals surface area contributed by atoms with Gasteiger partial charge < -0.3 is 5.32 Å². The summed E-state index contributed by atoms with van der Waals surface area (Å²) in [5.74, 6) is -0.534. The van der Waals surface area contributed by atoms with Crippen molar-refractivity contribution < 1.29 is 9.18 Å². The Bertz CT molecular complexity index is 946. The SMILES string of the molecule is CC(=O)Nc1ccccc1-n1cc(-c2ccc(F)cc2)ccc1=O. The van der Waals surface area contributed by atoms with Gasteiger partial charge in [0, 0.05) is 19.2 Å². The lowest BCUT2D eigenvalue weighted by molar-refractivity contribution is -0.114. The number of rotatable bonds is 3. The molecule has 1 N–H and O–H groups in total. The highest BCUT2D eigenvalue weighted by molar-refractivity contribution is 5.91. The first-order chi connectivity index (χ1) is 11.5. The second-order valence-electron chi connectivity index (χ2n) is 5.33. The van der Waals surface area contributed by atoms with Gasteiger partial charge in [0.25, 0.3) is 5.56 Å². The lowest BCUT2D eigenvalue weighted by atomic mass is 10.1. The summed E-state index contributed by atoms with van der Waals surface area (Å²) in [6, 6.07) is 16.2. The Hall–Kier alpha value is -3.21. The molecule has 2 aromatic carbocycles. The van der Waals surface area contributed by atoms with Crippen LogP contribution in [-0.4, -0.2) is 10.5 Å². The fraction of sp³-hybridized carbons (Fsp3) is 0.0526. The number of halogens is 1. The quantitative estimate of drug-likeness (QED) is 0.801. The summed E-state index contributed by atoms with van der Waals surface area (Å²) < 4.78 is 14.6. The zero-order valence-electron chi connectivity index (χ0n) is 13.0. The minimum Gasteiger partial charge on any atom is -0.325 e. The molecule has 3 rings (SSSR count). The van der Waals surface area contributed by atoms with E-state index in [2.05, 4.69) is 5.32 Å². The molecule has 0 radical (unpaired) electrons. The molecule has 0 spiro atoms. The molecule has 1 aromatic heterocycles. The third kappa shape index (κ3) is 3.25. The van der Waals surface area contributed by atoms with Crippen molar-refractivity contribution in [2.24, 2.45) is 0 Å². The van der Waals surface area contributed by atoms with Crippen LogP contribution in [0.4, 0.5) is 10.1 Å². The standard InChI is InChI=1S/C19H15FN2O2/c1-13(23)21-17-4-2-3-5-18(17)22-12-15(8-11-19(22)24)14-6-9-16(20)10-7-14/h2-12H,1H3,(H,21,23). The molecule has 4 nitrogen and oxygen atoms in total. The van der Waals surface area contributed by atoms with Crippen LogP contribution in [0.25, 0.3) is 16.8 Å². The van der Waals surface area contributed by atoms with Gasteiger partial charge in [-0.1, -0.05) is 24.3 Å². The van der Waals surface area contributed by atoms with E-state index in [1.165, 1.54) is 29.7 Å². The van der Waals surface area contributed by atoms with Crippen LogP contribution in [0.5, 0.6) is 0 Å². The highest BCUT2D eigenvalue weighted by Crippen LogP contribution is 2.22. The third-order valence-electron chi connectivity index (χ3n) is 3.56. The van der Waals surface area contributed by atoms with Crippen LogP contribution in [0.2, 0.25) is 0 Å². The van der Waals surface area contributed by atoms with Crippen molar-refractivity contribution in [3.8, 4) is 16.8 Å². The first-order valence-electron chi connectivity index (χ1n) is 7.40. The molecule has 0 aliphatic rings. The smallest absolute Gasteiger partial charge is 0.255 e. The number of para-hydroxylation sites is 2. The summed E-state index contributed by atoms with van der Waals surface area (Å²) in [4.78, 5) is 23.7. The van der Waals surface area contributed by atoms with E-state index in [0.29, 0.717) is 11.4 Å². The van der Waals surface area contributed by atoms with Gasteiger partial charge in [0.15, 0.2) is 0 Å². The normalized spacial score (nSPS) is 10.4. The molecule has 0 unspecified atom stereocenters. The minimum atomic E-state index is -0.317. The molecule has 0 bridgehead atoms. The topological polar surface area (TPSA) is 51.1 Å². The third-order valence-corrected chi connectivity index (χ3v) is 3.56. The second kappa shape index (κ2) is 6.50. The number of hydrogen-bond donors (Lipinski definition) is 1. The van der Waals surface area contributed by atoms with Gasteiger partial charge in [0.05, 0.1) is 11.4 Å². The molecule has 24 heavy (non-hydrogen) atoms. The molecule has 0 saturated carbocycles. The molecule has 3 aromatic rings. The van der Waals surface area contributed by atoms with Gasteiger partial charge in [0.1, 0.15) is 5.82 Å². The lowest BCUT2D eigenvalue weighted by Crippen LogP contribution is -2.19. The number of nitrogens with one attached hydrogen (secondary N) is 1. The van der Waals surface area contributed by atoms with E-state index < -0.39 is 0 Å². The summed E-state index contributed by atoms with van der Waals surface area (Å²) in [5, 5.41) is 2.72. The van der Waals surface area contributed by atoms with E-state index >= 15 is 0 Å². The maximum atomic E-state index is 13.1. The number of benzene rings is 2. The maximum Gasteiger partial charge on any atom is 0.255 e. The number of anilines is 1. The summed E-state index contributed by atoms with van der Waals surface area (Å²) in [6.45, 7) is 1.41. The van der Waals surface area contributed by atoms with Crippen molar-refractivity contribution in [1.82, 2.24) is 4.57 Å². The van der Waals surface area contributed by atoms with Gasteiger partial charge in [-0.2, -0.15) is 0 Å². The van der Waals surface area contributed by atoms with Crippen molar-refractivity contribution in [3.05, 3.63) is 83.0 Å². The van der Waals surface area contributed by atoms with Crippen LogP contribution in [0.3, 0.4) is 0 Å². The lowest BCUT2D eigenvalue weighted by Gasteiger charge is -2.13. The zero-order valence-corrected chi connectivity index (χ0v) is 13.0. The van der Waals surface area contributed by atoms with Crippen molar-refractivity contribution in [2.75, 3.05) is 5.32 Å². The zero-order chi connectivity index (χ0) is 17.1. The molecule has 5 heteroatoms. The van der Waals surface area contributed by atoms with Crippen molar-refractivity contribution in [3.63, 3.8) is 0 Å². The molecule has 120 valence electrons. The van der Waals surface area contributed by atoms with Crippen molar-refractivity contribution in [2.45, 2.75) is 6.92 Å². The van der Waals surface area contributed by atoms with Crippen LogP contribution in [0.15, 0.2) is 71.7 Å². The molecule has 0 fully saturated rings. The maximum absolute atomic E-state index is 13.1. The summed E-state index contributed by atoms with van der Waals surface area (Å²) in [5.41, 5.74) is 2.46. The minimum absolute atomic E-state index is 0.217. The van der Waals surface area contributed by atoms with Gasteiger partial charge in [-0.15, -0.1) is 0 Å². The largest absolute Gasteiger partial charge is 0.325 e. The average molecular weight is 322 g/mol. The van der Waals surface area contributed by atoms with Crippen LogP contribution in [-0.2, 0) is 4.79 Å². The van der Waals surface area contributed by atoms with Crippen LogP contribution in [0, 0.1) is 5.82 Å². The Morgan fingerprint density at radius 2 is 1.62 bits per heavy atom. The van der Waals surface area contributed by atoms with Gasteiger partial charge in [-0.3, -0.25) is 14.2 Å². The Kier molecular flexibility index (Phi) is 4.24. The van der Waals surface area contributed by atoms with Gasteiger partial charge in [-0.05, 0) is 41.5 Å². The molecule has 1 heterocycles. The molecule has 0 aliphatic carbocycles. The Labute approximate surface area is 138 Å². The van der Waals surface area contributed by atoms with Crippen LogP contribution >= 0.6 is 0 Å². The molecule has 1 amide bonds. The number of hydrogen-bond acceptors (Lipinski definition) is 2. The monoisotopic (exact) mass is 322 g/mol. The molecular weight excluding hydrogens is 307 g/mol. The molecule has 0 saturated heterocycles. The summed E-state index contributed by atoms with van der Waals surface area (Å²) >= 11 is 0. The predicted octanol–water partition coefficient (Wildman–Crippen LogP) is 3.60. The summed E-state index contributed by atoms with van der Waals surface area (Å²) in [7, 11) is 0. The van der Waals surface area contributed by atoms with E-state index in [9.17, 15) is 14.0 Å². The first kappa shape index (κ1) is 15.7. The number of carbonyl (C=O) groups is 1. The fourth-order valence-corrected chi connectivity index (χ4v) is 2.47. The van der Waals surface area contributed by atoms with Crippen LogP contribution < -0.4 is 10.9 Å². The molecule has 0 atom stereocenters. The Morgan fingerprint density at radius 3 is 2.33 bits per heavy atom. The first-order valence-corrected chi connectivity index (χ1v) is 7.40. The highest BCUT2D eigenvalue weighted by Gasteiger charge is 2.09. The Morgan fingerprint density at radius 1 is 0.958 bits per heavy atom. The fourth-order valence-electron chi connectivity index (χ4n) is 2.47. The van der Waals surface area contributed by atoms with Gasteiger partial charge in [-0.25, -0.2) is 4.39 Å². The number of nitrogens with zero attached hydrogens (tertiary/aromatic N) is 1. The second-order valence-corrected chi connectivity index (χ2v) is 5.33. The van der Waals surface area contributed by atoms with E-state index in [0.717, 1.165) is 11.1 Å². The van der Waals surface area contributed by atoms with Gasteiger partial charge >= 0.3 is 0 Å². The van der Waals surface area contributed by atoms with E-state index in [1.807, 2.05) is 0 Å². The Balaban J connectivity index is 2.12.